The van der Waals surface area contributed by atoms with Gasteiger partial charge in [0.25, 0.3) is 0 Å². The lowest BCUT2D eigenvalue weighted by molar-refractivity contribution is -0.118. The van der Waals surface area contributed by atoms with E-state index in [9.17, 15) is 4.79 Å². The van der Waals surface area contributed by atoms with Crippen molar-refractivity contribution in [3.05, 3.63) is 24.3 Å². The van der Waals surface area contributed by atoms with Crippen LogP contribution in [0.4, 0.5) is 5.69 Å². The minimum absolute atomic E-state index is 0. The SMILES string of the molecule is CCSc1cccc(NC(=O)C2CCCCN2)c1.Cl. The fraction of sp³-hybridized carbons (Fsp3) is 0.500. The van der Waals surface area contributed by atoms with Gasteiger partial charge in [0.2, 0.25) is 5.91 Å². The summed E-state index contributed by atoms with van der Waals surface area (Å²) in [6.45, 7) is 3.08. The predicted molar refractivity (Wildman–Crippen MR) is 84.4 cm³/mol. The summed E-state index contributed by atoms with van der Waals surface area (Å²) in [4.78, 5) is 13.3. The zero-order valence-electron chi connectivity index (χ0n) is 11.1. The molecule has 1 aliphatic rings. The normalized spacial score (nSPS) is 18.5. The molecule has 0 aliphatic carbocycles. The molecule has 1 aromatic carbocycles. The van der Waals surface area contributed by atoms with E-state index in [1.807, 2.05) is 18.2 Å². The molecular formula is C14H21ClN2OS. The average Bonchev–Trinajstić information content (AvgIpc) is 2.40. The molecule has 106 valence electrons. The van der Waals surface area contributed by atoms with Crippen LogP contribution < -0.4 is 10.6 Å². The highest BCUT2D eigenvalue weighted by Crippen LogP contribution is 2.21. The minimum atomic E-state index is -0.0266. The molecule has 1 amide bonds. The second-order valence-electron chi connectivity index (χ2n) is 4.45. The van der Waals surface area contributed by atoms with Crippen LogP contribution in [-0.4, -0.2) is 24.2 Å². The van der Waals surface area contributed by atoms with Crippen LogP contribution in [0.2, 0.25) is 0 Å². The quantitative estimate of drug-likeness (QED) is 0.838. The number of anilines is 1. The van der Waals surface area contributed by atoms with Crippen LogP contribution in [0.1, 0.15) is 26.2 Å². The summed E-state index contributed by atoms with van der Waals surface area (Å²) in [6.07, 6.45) is 3.25. The molecule has 19 heavy (non-hydrogen) atoms. The summed E-state index contributed by atoms with van der Waals surface area (Å²) in [5, 5.41) is 6.26. The molecule has 1 unspecified atom stereocenters. The molecule has 1 aliphatic heterocycles. The number of carbonyl (C=O) groups excluding carboxylic acids is 1. The Labute approximate surface area is 125 Å². The molecule has 0 saturated carbocycles. The fourth-order valence-corrected chi connectivity index (χ4v) is 2.85. The van der Waals surface area contributed by atoms with Crippen LogP contribution in [0.3, 0.4) is 0 Å². The van der Waals surface area contributed by atoms with Crippen LogP contribution in [0, 0.1) is 0 Å². The zero-order chi connectivity index (χ0) is 12.8. The number of carbonyl (C=O) groups is 1. The molecule has 2 rings (SSSR count). The van der Waals surface area contributed by atoms with Crippen molar-refractivity contribution >= 4 is 35.8 Å². The molecule has 0 spiro atoms. The molecule has 1 atom stereocenters. The fourth-order valence-electron chi connectivity index (χ4n) is 2.14. The van der Waals surface area contributed by atoms with Gasteiger partial charge in [-0.15, -0.1) is 24.2 Å². The van der Waals surface area contributed by atoms with Crippen LogP contribution in [-0.2, 0) is 4.79 Å². The number of benzene rings is 1. The maximum absolute atomic E-state index is 12.1. The largest absolute Gasteiger partial charge is 0.325 e. The van der Waals surface area contributed by atoms with Gasteiger partial charge in [-0.1, -0.05) is 19.4 Å². The van der Waals surface area contributed by atoms with Gasteiger partial charge in [-0.3, -0.25) is 4.79 Å². The molecule has 0 bridgehead atoms. The first-order chi connectivity index (χ1) is 8.79. The van der Waals surface area contributed by atoms with E-state index in [1.54, 1.807) is 11.8 Å². The van der Waals surface area contributed by atoms with Gasteiger partial charge in [0.15, 0.2) is 0 Å². The molecule has 1 saturated heterocycles. The molecule has 0 aromatic heterocycles. The highest BCUT2D eigenvalue weighted by molar-refractivity contribution is 7.99. The van der Waals surface area contributed by atoms with Crippen molar-refractivity contribution in [3.8, 4) is 0 Å². The minimum Gasteiger partial charge on any atom is -0.325 e. The van der Waals surface area contributed by atoms with E-state index in [4.69, 9.17) is 0 Å². The number of piperidine rings is 1. The van der Waals surface area contributed by atoms with E-state index in [0.29, 0.717) is 0 Å². The van der Waals surface area contributed by atoms with E-state index >= 15 is 0 Å². The van der Waals surface area contributed by atoms with Crippen molar-refractivity contribution in [2.24, 2.45) is 0 Å². The van der Waals surface area contributed by atoms with Crippen molar-refractivity contribution in [2.75, 3.05) is 17.6 Å². The maximum atomic E-state index is 12.1. The van der Waals surface area contributed by atoms with Crippen molar-refractivity contribution in [2.45, 2.75) is 37.1 Å². The van der Waals surface area contributed by atoms with Gasteiger partial charge in [0.05, 0.1) is 6.04 Å². The third-order valence-corrected chi connectivity index (χ3v) is 3.92. The van der Waals surface area contributed by atoms with Crippen molar-refractivity contribution in [3.63, 3.8) is 0 Å². The lowest BCUT2D eigenvalue weighted by Crippen LogP contribution is -2.43. The lowest BCUT2D eigenvalue weighted by atomic mass is 10.0. The molecule has 1 heterocycles. The predicted octanol–water partition coefficient (Wildman–Crippen LogP) is 3.30. The molecule has 1 fully saturated rings. The Morgan fingerprint density at radius 2 is 2.32 bits per heavy atom. The van der Waals surface area contributed by atoms with Crippen LogP contribution in [0.5, 0.6) is 0 Å². The molecule has 2 N–H and O–H groups in total. The molecule has 0 radical (unpaired) electrons. The van der Waals surface area contributed by atoms with Crippen molar-refractivity contribution in [1.29, 1.82) is 0 Å². The standard InChI is InChI=1S/C14H20N2OS.ClH/c1-2-18-12-7-5-6-11(10-12)16-14(17)13-8-3-4-9-15-13;/h5-7,10,13,15H,2-4,8-9H2,1H3,(H,16,17);1H. The molecule has 5 heteroatoms. The van der Waals surface area contributed by atoms with Crippen molar-refractivity contribution < 1.29 is 4.79 Å². The summed E-state index contributed by atoms with van der Waals surface area (Å²) in [6, 6.07) is 8.01. The van der Waals surface area contributed by atoms with Gasteiger partial charge in [0, 0.05) is 10.6 Å². The Hall–Kier alpha value is -0.710. The number of halogens is 1. The highest BCUT2D eigenvalue weighted by Gasteiger charge is 2.20. The second-order valence-corrected chi connectivity index (χ2v) is 5.79. The van der Waals surface area contributed by atoms with Gasteiger partial charge in [-0.2, -0.15) is 0 Å². The van der Waals surface area contributed by atoms with E-state index in [1.165, 1.54) is 11.3 Å². The average molecular weight is 301 g/mol. The third-order valence-electron chi connectivity index (χ3n) is 3.04. The second kappa shape index (κ2) is 8.46. The number of rotatable bonds is 4. The Kier molecular flexibility index (Phi) is 7.28. The van der Waals surface area contributed by atoms with Crippen LogP contribution in [0.15, 0.2) is 29.2 Å². The summed E-state index contributed by atoms with van der Waals surface area (Å²) in [5.41, 5.74) is 0.894. The lowest BCUT2D eigenvalue weighted by Gasteiger charge is -2.22. The molecular weight excluding hydrogens is 280 g/mol. The van der Waals surface area contributed by atoms with Gasteiger partial charge in [-0.25, -0.2) is 0 Å². The molecule has 3 nitrogen and oxygen atoms in total. The van der Waals surface area contributed by atoms with E-state index in [-0.39, 0.29) is 24.4 Å². The topological polar surface area (TPSA) is 41.1 Å². The smallest absolute Gasteiger partial charge is 0.241 e. The van der Waals surface area contributed by atoms with Gasteiger partial charge in [-0.05, 0) is 43.3 Å². The monoisotopic (exact) mass is 300 g/mol. The Balaban J connectivity index is 0.00000180. The molecule has 1 aromatic rings. The number of nitrogens with one attached hydrogen (secondary N) is 2. The first-order valence-electron chi connectivity index (χ1n) is 6.56. The Bertz CT molecular complexity index is 408. The highest BCUT2D eigenvalue weighted by atomic mass is 35.5. The van der Waals surface area contributed by atoms with Crippen molar-refractivity contribution in [1.82, 2.24) is 5.32 Å². The van der Waals surface area contributed by atoms with Crippen LogP contribution in [0.25, 0.3) is 0 Å². The number of hydrogen-bond donors (Lipinski definition) is 2. The van der Waals surface area contributed by atoms with E-state index in [2.05, 4.69) is 23.6 Å². The van der Waals surface area contributed by atoms with Gasteiger partial charge < -0.3 is 10.6 Å². The number of hydrogen-bond acceptors (Lipinski definition) is 3. The summed E-state index contributed by atoms with van der Waals surface area (Å²) < 4.78 is 0. The third kappa shape index (κ3) is 5.05. The summed E-state index contributed by atoms with van der Waals surface area (Å²) in [7, 11) is 0. The first kappa shape index (κ1) is 16.3. The zero-order valence-corrected chi connectivity index (χ0v) is 12.8. The maximum Gasteiger partial charge on any atom is 0.241 e. The number of amides is 1. The number of thioether (sulfide) groups is 1. The van der Waals surface area contributed by atoms with E-state index in [0.717, 1.165) is 30.8 Å². The van der Waals surface area contributed by atoms with E-state index < -0.39 is 0 Å². The van der Waals surface area contributed by atoms with Gasteiger partial charge in [0.1, 0.15) is 0 Å². The Morgan fingerprint density at radius 3 is 3.00 bits per heavy atom. The van der Waals surface area contributed by atoms with Gasteiger partial charge >= 0.3 is 0 Å². The first-order valence-corrected chi connectivity index (χ1v) is 7.55. The Morgan fingerprint density at radius 1 is 1.47 bits per heavy atom. The summed E-state index contributed by atoms with van der Waals surface area (Å²) >= 11 is 1.79. The van der Waals surface area contributed by atoms with Crippen LogP contribution >= 0.6 is 24.2 Å². The summed E-state index contributed by atoms with van der Waals surface area (Å²) in [5.74, 6) is 1.13.